The smallest absolute Gasteiger partial charge is 0.240 e. The zero-order chi connectivity index (χ0) is 21.6. The molecule has 0 aliphatic carbocycles. The number of hydrogen-bond acceptors (Lipinski definition) is 4. The second-order valence-corrected chi connectivity index (χ2v) is 8.98. The van der Waals surface area contributed by atoms with Crippen molar-refractivity contribution < 1.29 is 17.6 Å². The van der Waals surface area contributed by atoms with Gasteiger partial charge in [-0.2, -0.15) is 0 Å². The standard InChI is InChI=1S/C23H26N2O4S/c1-18-10-11-22(15-19(18)2)30(27,28)24-13-12-23(26)25(17-21-9-6-14-29-21)16-20-7-4-3-5-8-20/h3-11,14-15,24H,12-13,16-17H2,1-2H3. The molecule has 0 aliphatic heterocycles. The lowest BCUT2D eigenvalue weighted by Crippen LogP contribution is -2.34. The average Bonchev–Trinajstić information content (AvgIpc) is 3.23. The Balaban J connectivity index is 1.63. The van der Waals surface area contributed by atoms with Crippen molar-refractivity contribution in [1.29, 1.82) is 0 Å². The topological polar surface area (TPSA) is 79.6 Å². The van der Waals surface area contributed by atoms with E-state index in [-0.39, 0.29) is 23.8 Å². The van der Waals surface area contributed by atoms with Crippen LogP contribution in [0.25, 0.3) is 0 Å². The van der Waals surface area contributed by atoms with E-state index in [2.05, 4.69) is 4.72 Å². The fraction of sp³-hybridized carbons (Fsp3) is 0.261. The van der Waals surface area contributed by atoms with Crippen molar-refractivity contribution in [2.45, 2.75) is 38.3 Å². The molecule has 1 heterocycles. The number of rotatable bonds is 9. The van der Waals surface area contributed by atoms with Gasteiger partial charge >= 0.3 is 0 Å². The Bertz CT molecular complexity index is 1080. The van der Waals surface area contributed by atoms with Crippen molar-refractivity contribution >= 4 is 15.9 Å². The zero-order valence-electron chi connectivity index (χ0n) is 17.2. The minimum absolute atomic E-state index is 0.0253. The Morgan fingerprint density at radius 2 is 1.73 bits per heavy atom. The summed E-state index contributed by atoms with van der Waals surface area (Å²) < 4.78 is 33.0. The van der Waals surface area contributed by atoms with Crippen LogP contribution in [0.1, 0.15) is 28.9 Å². The number of carbonyl (C=O) groups excluding carboxylic acids is 1. The van der Waals surface area contributed by atoms with E-state index in [1.54, 1.807) is 35.4 Å². The van der Waals surface area contributed by atoms with E-state index < -0.39 is 10.0 Å². The molecule has 0 saturated heterocycles. The number of amides is 1. The molecule has 0 fully saturated rings. The molecule has 158 valence electrons. The molecule has 0 saturated carbocycles. The molecule has 3 rings (SSSR count). The molecule has 0 bridgehead atoms. The minimum Gasteiger partial charge on any atom is -0.467 e. The molecule has 2 aromatic carbocycles. The van der Waals surface area contributed by atoms with Gasteiger partial charge in [-0.3, -0.25) is 4.79 Å². The number of benzene rings is 2. The highest BCUT2D eigenvalue weighted by Gasteiger charge is 2.19. The number of hydrogen-bond donors (Lipinski definition) is 1. The highest BCUT2D eigenvalue weighted by molar-refractivity contribution is 7.89. The first kappa shape index (κ1) is 21.8. The van der Waals surface area contributed by atoms with E-state index in [0.29, 0.717) is 18.8 Å². The molecular formula is C23H26N2O4S. The van der Waals surface area contributed by atoms with Gasteiger partial charge in [-0.05, 0) is 54.8 Å². The van der Waals surface area contributed by atoms with Crippen LogP contribution in [0, 0.1) is 13.8 Å². The summed E-state index contributed by atoms with van der Waals surface area (Å²) in [6.45, 7) is 4.57. The lowest BCUT2D eigenvalue weighted by Gasteiger charge is -2.22. The van der Waals surface area contributed by atoms with Gasteiger partial charge in [0, 0.05) is 19.5 Å². The van der Waals surface area contributed by atoms with Gasteiger partial charge in [-0.25, -0.2) is 13.1 Å². The molecule has 0 atom stereocenters. The van der Waals surface area contributed by atoms with E-state index in [9.17, 15) is 13.2 Å². The van der Waals surface area contributed by atoms with Crippen molar-refractivity contribution in [3.05, 3.63) is 89.4 Å². The van der Waals surface area contributed by atoms with Crippen molar-refractivity contribution in [3.8, 4) is 0 Å². The average molecular weight is 427 g/mol. The largest absolute Gasteiger partial charge is 0.467 e. The monoisotopic (exact) mass is 426 g/mol. The second-order valence-electron chi connectivity index (χ2n) is 7.21. The van der Waals surface area contributed by atoms with E-state index in [0.717, 1.165) is 16.7 Å². The van der Waals surface area contributed by atoms with Crippen LogP contribution in [0.5, 0.6) is 0 Å². The molecule has 0 unspecified atom stereocenters. The number of carbonyl (C=O) groups is 1. The molecule has 0 radical (unpaired) electrons. The third-order valence-corrected chi connectivity index (χ3v) is 6.37. The van der Waals surface area contributed by atoms with Gasteiger partial charge in [0.2, 0.25) is 15.9 Å². The fourth-order valence-corrected chi connectivity index (χ4v) is 4.16. The Morgan fingerprint density at radius 3 is 2.40 bits per heavy atom. The summed E-state index contributed by atoms with van der Waals surface area (Å²) in [5.41, 5.74) is 2.92. The number of aryl methyl sites for hydroxylation is 2. The van der Waals surface area contributed by atoms with Gasteiger partial charge in [-0.15, -0.1) is 0 Å². The highest BCUT2D eigenvalue weighted by atomic mass is 32.2. The summed E-state index contributed by atoms with van der Waals surface area (Å²) in [4.78, 5) is 14.7. The summed E-state index contributed by atoms with van der Waals surface area (Å²) in [5, 5.41) is 0. The van der Waals surface area contributed by atoms with E-state index in [1.807, 2.05) is 50.2 Å². The summed E-state index contributed by atoms with van der Waals surface area (Å²) >= 11 is 0. The first-order valence-electron chi connectivity index (χ1n) is 9.76. The van der Waals surface area contributed by atoms with Crippen LogP contribution >= 0.6 is 0 Å². The molecule has 1 amide bonds. The molecule has 30 heavy (non-hydrogen) atoms. The van der Waals surface area contributed by atoms with Gasteiger partial charge in [0.25, 0.3) is 0 Å². The zero-order valence-corrected chi connectivity index (χ0v) is 18.0. The Labute approximate surface area is 177 Å². The summed E-state index contributed by atoms with van der Waals surface area (Å²) in [7, 11) is -3.67. The Hall–Kier alpha value is -2.90. The first-order chi connectivity index (χ1) is 14.3. The molecule has 3 aromatic rings. The normalized spacial score (nSPS) is 11.4. The predicted octanol–water partition coefficient (Wildman–Crippen LogP) is 3.79. The number of sulfonamides is 1. The highest BCUT2D eigenvalue weighted by Crippen LogP contribution is 2.15. The maximum Gasteiger partial charge on any atom is 0.240 e. The molecule has 7 heteroatoms. The van der Waals surface area contributed by atoms with Gasteiger partial charge in [-0.1, -0.05) is 36.4 Å². The summed E-state index contributed by atoms with van der Waals surface area (Å²) in [6, 6.07) is 18.2. The Morgan fingerprint density at radius 1 is 0.967 bits per heavy atom. The van der Waals surface area contributed by atoms with Crippen LogP contribution in [0.3, 0.4) is 0 Å². The molecule has 1 aromatic heterocycles. The van der Waals surface area contributed by atoms with Crippen molar-refractivity contribution in [3.63, 3.8) is 0 Å². The quantitative estimate of drug-likeness (QED) is 0.565. The SMILES string of the molecule is Cc1ccc(S(=O)(=O)NCCC(=O)N(Cc2ccccc2)Cc2ccco2)cc1C. The molecule has 6 nitrogen and oxygen atoms in total. The summed E-state index contributed by atoms with van der Waals surface area (Å²) in [5.74, 6) is 0.521. The third-order valence-electron chi connectivity index (χ3n) is 4.92. The Kier molecular flexibility index (Phi) is 7.07. The van der Waals surface area contributed by atoms with Crippen LogP contribution in [0.4, 0.5) is 0 Å². The summed E-state index contributed by atoms with van der Waals surface area (Å²) in [6.07, 6.45) is 1.62. The lowest BCUT2D eigenvalue weighted by atomic mass is 10.1. The van der Waals surface area contributed by atoms with Crippen molar-refractivity contribution in [2.24, 2.45) is 0 Å². The van der Waals surface area contributed by atoms with Crippen LogP contribution in [0.2, 0.25) is 0 Å². The predicted molar refractivity (Wildman–Crippen MR) is 115 cm³/mol. The lowest BCUT2D eigenvalue weighted by molar-refractivity contribution is -0.132. The second kappa shape index (κ2) is 9.73. The van der Waals surface area contributed by atoms with Crippen LogP contribution in [-0.2, 0) is 27.9 Å². The van der Waals surface area contributed by atoms with Crippen LogP contribution < -0.4 is 4.72 Å². The minimum atomic E-state index is -3.67. The van der Waals surface area contributed by atoms with E-state index in [4.69, 9.17) is 4.42 Å². The number of nitrogens with one attached hydrogen (secondary N) is 1. The van der Waals surface area contributed by atoms with Gasteiger partial charge in [0.05, 0.1) is 17.7 Å². The maximum atomic E-state index is 12.8. The third kappa shape index (κ3) is 5.81. The first-order valence-corrected chi connectivity index (χ1v) is 11.2. The number of nitrogens with zero attached hydrogens (tertiary/aromatic N) is 1. The van der Waals surface area contributed by atoms with Gasteiger partial charge in [0.15, 0.2) is 0 Å². The van der Waals surface area contributed by atoms with Gasteiger partial charge < -0.3 is 9.32 Å². The van der Waals surface area contributed by atoms with Crippen molar-refractivity contribution in [2.75, 3.05) is 6.54 Å². The molecule has 0 spiro atoms. The molecular weight excluding hydrogens is 400 g/mol. The molecule has 1 N–H and O–H groups in total. The van der Waals surface area contributed by atoms with Gasteiger partial charge in [0.1, 0.15) is 5.76 Å². The number of furan rings is 1. The van der Waals surface area contributed by atoms with E-state index in [1.165, 1.54) is 0 Å². The van der Waals surface area contributed by atoms with Crippen molar-refractivity contribution in [1.82, 2.24) is 9.62 Å². The fourth-order valence-electron chi connectivity index (χ4n) is 3.04. The maximum absolute atomic E-state index is 12.8. The van der Waals surface area contributed by atoms with Crippen LogP contribution in [0.15, 0.2) is 76.2 Å². The van der Waals surface area contributed by atoms with Crippen LogP contribution in [-0.4, -0.2) is 25.8 Å². The molecule has 0 aliphatic rings. The van der Waals surface area contributed by atoms with E-state index >= 15 is 0 Å².